The van der Waals surface area contributed by atoms with Crippen LogP contribution in [0.2, 0.25) is 0 Å². The highest BCUT2D eigenvalue weighted by Crippen LogP contribution is 2.39. The molecule has 0 aromatic heterocycles. The molecular formula is C18H31BFNO. The van der Waals surface area contributed by atoms with E-state index in [4.69, 9.17) is 4.65 Å². The second-order valence-electron chi connectivity index (χ2n) is 9.01. The van der Waals surface area contributed by atoms with E-state index in [0.717, 1.165) is 11.1 Å². The Kier molecular flexibility index (Phi) is 5.39. The summed E-state index contributed by atoms with van der Waals surface area (Å²) in [5, 5.41) is 2.84. The molecule has 0 saturated heterocycles. The van der Waals surface area contributed by atoms with E-state index in [2.05, 4.69) is 46.8 Å². The third-order valence-electron chi connectivity index (χ3n) is 3.40. The smallest absolute Gasteiger partial charge is 0.519 e. The molecule has 0 amide bonds. The lowest BCUT2D eigenvalue weighted by Gasteiger charge is -2.31. The number of hydrogen-bond donors (Lipinski definition) is 1. The van der Waals surface area contributed by atoms with Crippen molar-refractivity contribution in [2.24, 2.45) is 0 Å². The number of rotatable bonds is 3. The average Bonchev–Trinajstić information content (AvgIpc) is 2.23. The first-order valence-electron chi connectivity index (χ1n) is 7.94. The van der Waals surface area contributed by atoms with Crippen molar-refractivity contribution in [3.05, 3.63) is 29.3 Å². The lowest BCUT2D eigenvalue weighted by molar-refractivity contribution is 0.397. The van der Waals surface area contributed by atoms with E-state index in [1.54, 1.807) is 0 Å². The molecule has 1 N–H and O–H groups in total. The summed E-state index contributed by atoms with van der Waals surface area (Å²) in [6.07, 6.45) is 0. The Balaban J connectivity index is 3.30. The standard InChI is InChI=1S/C18H31BFNO/c1-16(2,3)13-11-10-12-14(17(4,5)6)15(13)22-19(20)21-18(7,8)9/h10-12,21H,1-9H3. The van der Waals surface area contributed by atoms with Gasteiger partial charge in [-0.1, -0.05) is 59.7 Å². The lowest BCUT2D eigenvalue weighted by atomic mass is 9.79. The van der Waals surface area contributed by atoms with E-state index in [-0.39, 0.29) is 16.4 Å². The third kappa shape index (κ3) is 5.31. The van der Waals surface area contributed by atoms with Gasteiger partial charge >= 0.3 is 7.33 Å². The Hall–Kier alpha value is -1.03. The van der Waals surface area contributed by atoms with Gasteiger partial charge < -0.3 is 4.65 Å². The molecule has 0 bridgehead atoms. The second kappa shape index (κ2) is 6.23. The fraction of sp³-hybridized carbons (Fsp3) is 0.667. The summed E-state index contributed by atoms with van der Waals surface area (Å²) < 4.78 is 20.1. The van der Waals surface area contributed by atoms with Gasteiger partial charge in [-0.15, -0.1) is 0 Å². The molecule has 22 heavy (non-hydrogen) atoms. The predicted octanol–water partition coefficient (Wildman–Crippen LogP) is 5.00. The summed E-state index contributed by atoms with van der Waals surface area (Å²) in [4.78, 5) is 0. The van der Waals surface area contributed by atoms with Crippen LogP contribution in [-0.2, 0) is 10.8 Å². The molecule has 0 heterocycles. The Morgan fingerprint density at radius 2 is 1.27 bits per heavy atom. The van der Waals surface area contributed by atoms with Crippen molar-refractivity contribution >= 4 is 7.33 Å². The molecule has 0 aliphatic rings. The average molecular weight is 307 g/mol. The molecule has 124 valence electrons. The summed E-state index contributed by atoms with van der Waals surface area (Å²) in [6.45, 7) is 18.5. The molecule has 0 unspecified atom stereocenters. The predicted molar refractivity (Wildman–Crippen MR) is 94.2 cm³/mol. The molecular weight excluding hydrogens is 276 g/mol. The first kappa shape index (κ1) is 19.0. The minimum Gasteiger partial charge on any atom is -0.519 e. The van der Waals surface area contributed by atoms with Gasteiger partial charge in [-0.3, -0.25) is 9.54 Å². The molecule has 0 saturated carbocycles. The van der Waals surface area contributed by atoms with Crippen LogP contribution in [0.4, 0.5) is 4.32 Å². The molecule has 0 radical (unpaired) electrons. The van der Waals surface area contributed by atoms with Gasteiger partial charge in [0.05, 0.1) is 0 Å². The molecule has 1 aromatic rings. The van der Waals surface area contributed by atoms with E-state index < -0.39 is 7.33 Å². The normalized spacial score (nSPS) is 13.2. The van der Waals surface area contributed by atoms with E-state index in [1.165, 1.54) is 0 Å². The van der Waals surface area contributed by atoms with Crippen molar-refractivity contribution in [2.45, 2.75) is 78.7 Å². The van der Waals surface area contributed by atoms with Crippen LogP contribution in [0.25, 0.3) is 0 Å². The first-order valence-corrected chi connectivity index (χ1v) is 7.94. The number of para-hydroxylation sites is 1. The molecule has 1 rings (SSSR count). The summed E-state index contributed by atoms with van der Waals surface area (Å²) >= 11 is 0. The van der Waals surface area contributed by atoms with E-state index in [0.29, 0.717) is 5.75 Å². The molecule has 0 aliphatic heterocycles. The summed E-state index contributed by atoms with van der Waals surface area (Å²) in [5.74, 6) is 0.659. The van der Waals surface area contributed by atoms with Crippen LogP contribution >= 0.6 is 0 Å². The second-order valence-corrected chi connectivity index (χ2v) is 9.01. The van der Waals surface area contributed by atoms with Gasteiger partial charge in [0, 0.05) is 5.54 Å². The van der Waals surface area contributed by atoms with Gasteiger partial charge in [-0.2, -0.15) is 0 Å². The molecule has 0 spiro atoms. The minimum atomic E-state index is -1.54. The van der Waals surface area contributed by atoms with Gasteiger partial charge in [0.25, 0.3) is 0 Å². The Labute approximate surface area is 136 Å². The lowest BCUT2D eigenvalue weighted by Crippen LogP contribution is -2.48. The molecule has 0 fully saturated rings. The van der Waals surface area contributed by atoms with Crippen LogP contribution in [0.3, 0.4) is 0 Å². The highest BCUT2D eigenvalue weighted by Gasteiger charge is 2.32. The Bertz CT molecular complexity index is 477. The van der Waals surface area contributed by atoms with E-state index in [1.807, 2.05) is 39.0 Å². The van der Waals surface area contributed by atoms with E-state index >= 15 is 0 Å². The zero-order valence-electron chi connectivity index (χ0n) is 15.6. The number of halogens is 1. The molecule has 1 aromatic carbocycles. The number of nitrogens with one attached hydrogen (secondary N) is 1. The maximum Gasteiger partial charge on any atom is 0.666 e. The molecule has 0 atom stereocenters. The fourth-order valence-electron chi connectivity index (χ4n) is 2.32. The van der Waals surface area contributed by atoms with Crippen LogP contribution < -0.4 is 9.88 Å². The maximum absolute atomic E-state index is 14.4. The van der Waals surface area contributed by atoms with Gasteiger partial charge in [0.1, 0.15) is 5.75 Å². The van der Waals surface area contributed by atoms with Crippen LogP contribution in [-0.4, -0.2) is 12.9 Å². The quantitative estimate of drug-likeness (QED) is 0.793. The SMILES string of the molecule is CC(C)(C)NB(F)Oc1c(C(C)(C)C)cccc1C(C)(C)C. The zero-order chi connectivity index (χ0) is 17.3. The topological polar surface area (TPSA) is 21.3 Å². The van der Waals surface area contributed by atoms with Gasteiger partial charge in [0.15, 0.2) is 0 Å². The highest BCUT2D eigenvalue weighted by atomic mass is 19.1. The van der Waals surface area contributed by atoms with Crippen molar-refractivity contribution in [1.29, 1.82) is 0 Å². The molecule has 4 heteroatoms. The van der Waals surface area contributed by atoms with Crippen molar-refractivity contribution in [1.82, 2.24) is 5.23 Å². The van der Waals surface area contributed by atoms with Crippen molar-refractivity contribution in [2.75, 3.05) is 0 Å². The van der Waals surface area contributed by atoms with Crippen LogP contribution in [0, 0.1) is 0 Å². The monoisotopic (exact) mass is 307 g/mol. The maximum atomic E-state index is 14.4. The molecule has 0 aliphatic carbocycles. The zero-order valence-corrected chi connectivity index (χ0v) is 15.6. The molecule has 2 nitrogen and oxygen atoms in total. The number of benzene rings is 1. The Morgan fingerprint density at radius 3 is 1.59 bits per heavy atom. The number of hydrogen-bond acceptors (Lipinski definition) is 2. The van der Waals surface area contributed by atoms with Crippen LogP contribution in [0.5, 0.6) is 5.75 Å². The third-order valence-corrected chi connectivity index (χ3v) is 3.40. The summed E-state index contributed by atoms with van der Waals surface area (Å²) in [6, 6.07) is 6.07. The van der Waals surface area contributed by atoms with Crippen LogP contribution in [0.15, 0.2) is 18.2 Å². The highest BCUT2D eigenvalue weighted by molar-refractivity contribution is 6.41. The van der Waals surface area contributed by atoms with Gasteiger partial charge in [0.2, 0.25) is 0 Å². The Morgan fingerprint density at radius 1 is 0.864 bits per heavy atom. The first-order chi connectivity index (χ1) is 9.72. The van der Waals surface area contributed by atoms with Crippen LogP contribution in [0.1, 0.15) is 73.4 Å². The van der Waals surface area contributed by atoms with Crippen molar-refractivity contribution in [3.8, 4) is 5.75 Å². The minimum absolute atomic E-state index is 0.113. The van der Waals surface area contributed by atoms with Gasteiger partial charge in [-0.05, 0) is 42.7 Å². The van der Waals surface area contributed by atoms with Crippen molar-refractivity contribution in [3.63, 3.8) is 0 Å². The van der Waals surface area contributed by atoms with Gasteiger partial charge in [-0.25, -0.2) is 0 Å². The largest absolute Gasteiger partial charge is 0.666 e. The van der Waals surface area contributed by atoms with Crippen molar-refractivity contribution < 1.29 is 8.97 Å². The summed E-state index contributed by atoms with van der Waals surface area (Å²) in [7, 11) is -1.54. The summed E-state index contributed by atoms with van der Waals surface area (Å²) in [5.41, 5.74) is 1.48. The van der Waals surface area contributed by atoms with E-state index in [9.17, 15) is 4.32 Å². The fourth-order valence-corrected chi connectivity index (χ4v) is 2.32.